The monoisotopic (exact) mass is 345 g/mol. The molecule has 0 bridgehead atoms. The van der Waals surface area contributed by atoms with Gasteiger partial charge in [0, 0.05) is 6.04 Å². The van der Waals surface area contributed by atoms with Crippen LogP contribution >= 0.6 is 15.9 Å². The number of benzene rings is 1. The fourth-order valence-corrected chi connectivity index (χ4v) is 2.35. The van der Waals surface area contributed by atoms with Crippen LogP contribution in [0.5, 0.6) is 11.5 Å². The quantitative estimate of drug-likeness (QED) is 0.801. The van der Waals surface area contributed by atoms with E-state index in [9.17, 15) is 4.79 Å². The Bertz CT molecular complexity index is 476. The molecule has 0 fully saturated rings. The molecule has 1 rings (SSSR count). The highest BCUT2D eigenvalue weighted by Crippen LogP contribution is 2.37. The van der Waals surface area contributed by atoms with Gasteiger partial charge in [-0.15, -0.1) is 0 Å². The summed E-state index contributed by atoms with van der Waals surface area (Å²) in [6, 6.07) is 3.81. The Balaban J connectivity index is 3.04. The SMILES string of the molecule is COC(=O)C(C)Oc1c(Br)cc(CC(C)N)cc1OC. The standard InChI is InChI=1S/C14H20BrNO4/c1-8(16)5-10-6-11(15)13(12(7-10)18-3)20-9(2)14(17)19-4/h6-9H,5,16H2,1-4H3. The lowest BCUT2D eigenvalue weighted by Crippen LogP contribution is -2.25. The maximum Gasteiger partial charge on any atom is 0.346 e. The highest BCUT2D eigenvalue weighted by Gasteiger charge is 2.20. The average Bonchev–Trinajstić information content (AvgIpc) is 2.39. The molecule has 6 heteroatoms. The van der Waals surface area contributed by atoms with Gasteiger partial charge in [-0.1, -0.05) is 0 Å². The highest BCUT2D eigenvalue weighted by atomic mass is 79.9. The number of rotatable bonds is 6. The third kappa shape index (κ3) is 4.38. The molecule has 0 heterocycles. The van der Waals surface area contributed by atoms with E-state index < -0.39 is 12.1 Å². The lowest BCUT2D eigenvalue weighted by Gasteiger charge is -2.18. The van der Waals surface area contributed by atoms with E-state index in [1.54, 1.807) is 14.0 Å². The van der Waals surface area contributed by atoms with Crippen molar-refractivity contribution < 1.29 is 19.0 Å². The Morgan fingerprint density at radius 3 is 2.50 bits per heavy atom. The van der Waals surface area contributed by atoms with Gasteiger partial charge in [0.05, 0.1) is 18.7 Å². The number of carbonyl (C=O) groups is 1. The summed E-state index contributed by atoms with van der Waals surface area (Å²) in [5, 5.41) is 0. The molecule has 0 saturated carbocycles. The Morgan fingerprint density at radius 1 is 1.35 bits per heavy atom. The molecular weight excluding hydrogens is 326 g/mol. The topological polar surface area (TPSA) is 70.8 Å². The van der Waals surface area contributed by atoms with E-state index in [4.69, 9.17) is 15.2 Å². The molecule has 0 saturated heterocycles. The third-order valence-corrected chi connectivity index (χ3v) is 3.26. The number of hydrogen-bond donors (Lipinski definition) is 1. The molecule has 2 atom stereocenters. The van der Waals surface area contributed by atoms with Crippen molar-refractivity contribution in [3.63, 3.8) is 0 Å². The molecule has 1 aromatic rings. The summed E-state index contributed by atoms with van der Waals surface area (Å²) in [5.41, 5.74) is 6.82. The minimum Gasteiger partial charge on any atom is -0.493 e. The Morgan fingerprint density at radius 2 is 2.00 bits per heavy atom. The van der Waals surface area contributed by atoms with E-state index in [1.165, 1.54) is 7.11 Å². The summed E-state index contributed by atoms with van der Waals surface area (Å²) in [4.78, 5) is 11.4. The second kappa shape index (κ2) is 7.50. The van der Waals surface area contributed by atoms with Crippen LogP contribution in [0.25, 0.3) is 0 Å². The summed E-state index contributed by atoms with van der Waals surface area (Å²) in [5.74, 6) is 0.572. The first-order valence-corrected chi connectivity index (χ1v) is 7.04. The first-order chi connectivity index (χ1) is 9.38. The third-order valence-electron chi connectivity index (χ3n) is 2.67. The zero-order valence-corrected chi connectivity index (χ0v) is 13.7. The van der Waals surface area contributed by atoms with E-state index in [2.05, 4.69) is 20.7 Å². The van der Waals surface area contributed by atoms with E-state index in [1.807, 2.05) is 19.1 Å². The maximum atomic E-state index is 11.4. The molecule has 0 radical (unpaired) electrons. The van der Waals surface area contributed by atoms with E-state index in [0.717, 1.165) is 12.0 Å². The van der Waals surface area contributed by atoms with Crippen molar-refractivity contribution in [2.75, 3.05) is 14.2 Å². The lowest BCUT2D eigenvalue weighted by atomic mass is 10.1. The van der Waals surface area contributed by atoms with Crippen molar-refractivity contribution in [3.05, 3.63) is 22.2 Å². The summed E-state index contributed by atoms with van der Waals surface area (Å²) >= 11 is 3.43. The Hall–Kier alpha value is -1.27. The van der Waals surface area contributed by atoms with Gasteiger partial charge in [0.25, 0.3) is 0 Å². The van der Waals surface area contributed by atoms with Crippen LogP contribution in [0.15, 0.2) is 16.6 Å². The van der Waals surface area contributed by atoms with Crippen molar-refractivity contribution in [1.82, 2.24) is 0 Å². The second-order valence-corrected chi connectivity index (χ2v) is 5.43. The van der Waals surface area contributed by atoms with Crippen LogP contribution < -0.4 is 15.2 Å². The lowest BCUT2D eigenvalue weighted by molar-refractivity contribution is -0.147. The second-order valence-electron chi connectivity index (χ2n) is 4.57. The fraction of sp³-hybridized carbons (Fsp3) is 0.500. The van der Waals surface area contributed by atoms with Gasteiger partial charge in [-0.05, 0) is 53.9 Å². The Labute approximate surface area is 127 Å². The normalized spacial score (nSPS) is 13.5. The number of nitrogens with two attached hydrogens (primary N) is 1. The molecule has 1 aromatic carbocycles. The smallest absolute Gasteiger partial charge is 0.346 e. The molecule has 2 N–H and O–H groups in total. The van der Waals surface area contributed by atoms with Crippen LogP contribution in [0, 0.1) is 0 Å². The molecule has 2 unspecified atom stereocenters. The van der Waals surface area contributed by atoms with Crippen molar-refractivity contribution in [2.45, 2.75) is 32.4 Å². The zero-order chi connectivity index (χ0) is 15.3. The first kappa shape index (κ1) is 16.8. The average molecular weight is 346 g/mol. The minimum atomic E-state index is -0.718. The molecule has 112 valence electrons. The first-order valence-electron chi connectivity index (χ1n) is 6.25. The van der Waals surface area contributed by atoms with Gasteiger partial charge in [-0.25, -0.2) is 4.79 Å². The van der Waals surface area contributed by atoms with Crippen LogP contribution in [0.4, 0.5) is 0 Å². The van der Waals surface area contributed by atoms with Gasteiger partial charge in [0.1, 0.15) is 0 Å². The zero-order valence-electron chi connectivity index (χ0n) is 12.1. The van der Waals surface area contributed by atoms with Crippen molar-refractivity contribution in [3.8, 4) is 11.5 Å². The molecular formula is C14H20BrNO4. The number of methoxy groups -OCH3 is 2. The van der Waals surface area contributed by atoms with E-state index in [0.29, 0.717) is 16.0 Å². The summed E-state index contributed by atoms with van der Waals surface area (Å²) in [6.07, 6.45) is 0.00593. The number of carbonyl (C=O) groups excluding carboxylic acids is 1. The number of ether oxygens (including phenoxy) is 3. The molecule has 5 nitrogen and oxygen atoms in total. The number of esters is 1. The molecule has 20 heavy (non-hydrogen) atoms. The molecule has 0 amide bonds. The van der Waals surface area contributed by atoms with Crippen LogP contribution in [0.2, 0.25) is 0 Å². The van der Waals surface area contributed by atoms with Gasteiger partial charge < -0.3 is 19.9 Å². The van der Waals surface area contributed by atoms with Crippen molar-refractivity contribution in [2.24, 2.45) is 5.73 Å². The van der Waals surface area contributed by atoms with E-state index in [-0.39, 0.29) is 6.04 Å². The molecule has 0 aliphatic carbocycles. The number of hydrogen-bond acceptors (Lipinski definition) is 5. The van der Waals surface area contributed by atoms with Crippen molar-refractivity contribution in [1.29, 1.82) is 0 Å². The summed E-state index contributed by atoms with van der Waals surface area (Å²) in [7, 11) is 2.87. The molecule has 0 aliphatic rings. The maximum absolute atomic E-state index is 11.4. The van der Waals surface area contributed by atoms with Gasteiger partial charge >= 0.3 is 5.97 Å². The molecule has 0 aliphatic heterocycles. The van der Waals surface area contributed by atoms with Gasteiger partial charge in [0.2, 0.25) is 0 Å². The largest absolute Gasteiger partial charge is 0.493 e. The molecule has 0 spiro atoms. The predicted octanol–water partition coefficient (Wildman–Crippen LogP) is 2.29. The fourth-order valence-electron chi connectivity index (χ4n) is 1.77. The predicted molar refractivity (Wildman–Crippen MR) is 80.2 cm³/mol. The van der Waals surface area contributed by atoms with Gasteiger partial charge in [-0.2, -0.15) is 0 Å². The van der Waals surface area contributed by atoms with Crippen LogP contribution in [-0.4, -0.2) is 32.3 Å². The minimum absolute atomic E-state index is 0.0485. The van der Waals surface area contributed by atoms with Gasteiger partial charge in [0.15, 0.2) is 17.6 Å². The summed E-state index contributed by atoms with van der Waals surface area (Å²) < 4.78 is 16.3. The highest BCUT2D eigenvalue weighted by molar-refractivity contribution is 9.10. The van der Waals surface area contributed by atoms with E-state index >= 15 is 0 Å². The Kier molecular flexibility index (Phi) is 6.29. The van der Waals surface area contributed by atoms with Crippen molar-refractivity contribution >= 4 is 21.9 Å². The van der Waals surface area contributed by atoms with Crippen LogP contribution in [0.3, 0.4) is 0 Å². The molecule has 0 aromatic heterocycles. The number of halogens is 1. The van der Waals surface area contributed by atoms with Crippen LogP contribution in [-0.2, 0) is 16.0 Å². The van der Waals surface area contributed by atoms with Crippen LogP contribution in [0.1, 0.15) is 19.4 Å². The van der Waals surface area contributed by atoms with Gasteiger partial charge in [-0.3, -0.25) is 0 Å². The summed E-state index contributed by atoms with van der Waals surface area (Å²) in [6.45, 7) is 3.55.